The molecule has 0 saturated carbocycles. The summed E-state index contributed by atoms with van der Waals surface area (Å²) in [7, 11) is -1.60. The molecule has 3 rings (SSSR count). The zero-order chi connectivity index (χ0) is 12.9. The molecule has 0 atom stereocenters. The zero-order valence-electron chi connectivity index (χ0n) is 10.1. The molecule has 0 aromatic heterocycles. The Morgan fingerprint density at radius 3 is 2.56 bits per heavy atom. The highest BCUT2D eigenvalue weighted by molar-refractivity contribution is 6.61. The van der Waals surface area contributed by atoms with Crippen molar-refractivity contribution in [1.82, 2.24) is 0 Å². The Morgan fingerprint density at radius 2 is 1.83 bits per heavy atom. The van der Waals surface area contributed by atoms with Gasteiger partial charge < -0.3 is 10.0 Å². The van der Waals surface area contributed by atoms with Crippen LogP contribution in [-0.2, 0) is 6.42 Å². The van der Waals surface area contributed by atoms with Crippen molar-refractivity contribution in [1.29, 1.82) is 0 Å². The molecule has 2 N–H and O–H groups in total. The molecule has 1 aliphatic rings. The summed E-state index contributed by atoms with van der Waals surface area (Å²) >= 11 is 0. The number of rotatable bonds is 1. The van der Waals surface area contributed by atoms with Gasteiger partial charge in [-0.2, -0.15) is 0 Å². The number of hydrogen-bond acceptors (Lipinski definition) is 3. The van der Waals surface area contributed by atoms with E-state index < -0.39 is 7.12 Å². The Labute approximate surface area is 105 Å². The molecule has 0 fully saturated rings. The van der Waals surface area contributed by atoms with Gasteiger partial charge in [-0.3, -0.25) is 4.79 Å². The third kappa shape index (κ3) is 1.50. The predicted molar refractivity (Wildman–Crippen MR) is 71.2 cm³/mol. The second-order valence-electron chi connectivity index (χ2n) is 4.79. The van der Waals surface area contributed by atoms with Gasteiger partial charge in [0.15, 0.2) is 5.78 Å². The Kier molecular flexibility index (Phi) is 2.50. The fraction of sp³-hybridized carbons (Fsp3) is 0.214. The number of hydrogen-bond donors (Lipinski definition) is 2. The van der Waals surface area contributed by atoms with Gasteiger partial charge >= 0.3 is 7.12 Å². The molecule has 0 amide bonds. The summed E-state index contributed by atoms with van der Waals surface area (Å²) in [4.78, 5) is 12.1. The summed E-state index contributed by atoms with van der Waals surface area (Å²) in [6, 6.07) is 7.50. The molecule has 0 bridgehead atoms. The highest BCUT2D eigenvalue weighted by Gasteiger charge is 2.27. The summed E-state index contributed by atoms with van der Waals surface area (Å²) < 4.78 is 0. The minimum absolute atomic E-state index is 0.00167. The van der Waals surface area contributed by atoms with Crippen LogP contribution in [0.1, 0.15) is 27.9 Å². The smallest absolute Gasteiger partial charge is 0.423 e. The van der Waals surface area contributed by atoms with Gasteiger partial charge in [0.05, 0.1) is 0 Å². The monoisotopic (exact) mass is 240 g/mol. The largest absolute Gasteiger partial charge is 0.489 e. The number of benzene rings is 2. The van der Waals surface area contributed by atoms with Crippen LogP contribution >= 0.6 is 0 Å². The summed E-state index contributed by atoms with van der Waals surface area (Å²) in [5.41, 5.74) is 3.12. The van der Waals surface area contributed by atoms with E-state index in [9.17, 15) is 14.8 Å². The summed E-state index contributed by atoms with van der Waals surface area (Å²) in [5.74, 6) is 0.00167. The maximum absolute atomic E-state index is 12.1. The number of carbonyl (C=O) groups is 1. The molecule has 0 unspecified atom stereocenters. The number of aryl methyl sites for hydroxylation is 2. The lowest BCUT2D eigenvalue weighted by atomic mass is 9.71. The Morgan fingerprint density at radius 1 is 1.11 bits per heavy atom. The highest BCUT2D eigenvalue weighted by Crippen LogP contribution is 2.31. The van der Waals surface area contributed by atoms with Crippen molar-refractivity contribution in [2.24, 2.45) is 0 Å². The van der Waals surface area contributed by atoms with Crippen LogP contribution in [0.25, 0.3) is 10.8 Å². The predicted octanol–water partition coefficient (Wildman–Crippen LogP) is 0.957. The van der Waals surface area contributed by atoms with Gasteiger partial charge in [0.2, 0.25) is 0 Å². The molecule has 0 spiro atoms. The van der Waals surface area contributed by atoms with E-state index >= 15 is 0 Å². The molecule has 0 heterocycles. The van der Waals surface area contributed by atoms with Crippen molar-refractivity contribution in [3.05, 3.63) is 41.0 Å². The van der Waals surface area contributed by atoms with Crippen molar-refractivity contribution in [2.75, 3.05) is 0 Å². The Bertz CT molecular complexity index is 662. The first-order valence-electron chi connectivity index (χ1n) is 6.04. The minimum Gasteiger partial charge on any atom is -0.423 e. The van der Waals surface area contributed by atoms with Crippen LogP contribution in [0, 0.1) is 6.92 Å². The third-order valence-electron chi connectivity index (χ3n) is 3.72. The summed E-state index contributed by atoms with van der Waals surface area (Å²) in [6.07, 6.45) is 1.18. The van der Waals surface area contributed by atoms with Crippen molar-refractivity contribution >= 4 is 29.1 Å². The summed E-state index contributed by atoms with van der Waals surface area (Å²) in [6.45, 7) is 2.02. The van der Waals surface area contributed by atoms with Gasteiger partial charge in [-0.1, -0.05) is 24.3 Å². The standard InChI is InChI=1S/C14H13BO3/c1-8-2-3-9-4-6-11(15(17)18)14-12(16)7-5-10(8)13(9)14/h2-4,6,17-18H,5,7H2,1H3. The maximum Gasteiger partial charge on any atom is 0.489 e. The lowest BCUT2D eigenvalue weighted by molar-refractivity contribution is 0.0982. The molecule has 2 aromatic carbocycles. The van der Waals surface area contributed by atoms with E-state index in [-0.39, 0.29) is 5.78 Å². The molecule has 0 aliphatic heterocycles. The lowest BCUT2D eigenvalue weighted by Crippen LogP contribution is -2.36. The van der Waals surface area contributed by atoms with Gasteiger partial charge in [-0.15, -0.1) is 0 Å². The first kappa shape index (κ1) is 11.4. The second kappa shape index (κ2) is 3.94. The van der Waals surface area contributed by atoms with E-state index in [1.807, 2.05) is 25.1 Å². The minimum atomic E-state index is -1.60. The van der Waals surface area contributed by atoms with Crippen molar-refractivity contribution in [3.8, 4) is 0 Å². The highest BCUT2D eigenvalue weighted by atomic mass is 16.4. The van der Waals surface area contributed by atoms with Crippen LogP contribution in [0.4, 0.5) is 0 Å². The van der Waals surface area contributed by atoms with Crippen molar-refractivity contribution in [3.63, 3.8) is 0 Å². The van der Waals surface area contributed by atoms with Crippen LogP contribution < -0.4 is 5.46 Å². The Hall–Kier alpha value is -1.65. The maximum atomic E-state index is 12.1. The molecule has 3 nitrogen and oxygen atoms in total. The van der Waals surface area contributed by atoms with Crippen LogP contribution in [0.15, 0.2) is 24.3 Å². The zero-order valence-corrected chi connectivity index (χ0v) is 10.1. The molecule has 1 aliphatic carbocycles. The fourth-order valence-corrected chi connectivity index (χ4v) is 2.81. The fourth-order valence-electron chi connectivity index (χ4n) is 2.81. The van der Waals surface area contributed by atoms with Gasteiger partial charge in [0.1, 0.15) is 0 Å². The second-order valence-corrected chi connectivity index (χ2v) is 4.79. The van der Waals surface area contributed by atoms with Crippen LogP contribution in [0.3, 0.4) is 0 Å². The van der Waals surface area contributed by atoms with E-state index in [2.05, 4.69) is 0 Å². The van der Waals surface area contributed by atoms with Crippen molar-refractivity contribution < 1.29 is 14.8 Å². The van der Waals surface area contributed by atoms with Crippen LogP contribution in [0.5, 0.6) is 0 Å². The van der Waals surface area contributed by atoms with Gasteiger partial charge in [0.25, 0.3) is 0 Å². The van der Waals surface area contributed by atoms with E-state index in [1.165, 1.54) is 0 Å². The topological polar surface area (TPSA) is 57.5 Å². The normalized spacial score (nSPS) is 14.1. The molecule has 4 heteroatoms. The molecule has 0 saturated heterocycles. The van der Waals surface area contributed by atoms with Gasteiger partial charge in [-0.25, -0.2) is 0 Å². The molecule has 90 valence electrons. The van der Waals surface area contributed by atoms with Crippen LogP contribution in [0.2, 0.25) is 0 Å². The van der Waals surface area contributed by atoms with E-state index in [0.717, 1.165) is 28.3 Å². The number of Topliss-reactive ketones (excluding diaryl/α,β-unsaturated/α-hetero) is 1. The number of ketones is 1. The SMILES string of the molecule is Cc1ccc2ccc(B(O)O)c3c2c1CCC3=O. The molecular weight excluding hydrogens is 227 g/mol. The number of carbonyl (C=O) groups excluding carboxylic acids is 1. The first-order valence-corrected chi connectivity index (χ1v) is 6.04. The average molecular weight is 240 g/mol. The molecule has 18 heavy (non-hydrogen) atoms. The van der Waals surface area contributed by atoms with Gasteiger partial charge in [-0.05, 0) is 40.7 Å². The van der Waals surface area contributed by atoms with Gasteiger partial charge in [0, 0.05) is 12.0 Å². The third-order valence-corrected chi connectivity index (χ3v) is 3.72. The van der Waals surface area contributed by atoms with Crippen LogP contribution in [-0.4, -0.2) is 22.9 Å². The van der Waals surface area contributed by atoms with E-state index in [0.29, 0.717) is 17.4 Å². The first-order chi connectivity index (χ1) is 8.59. The molecule has 0 radical (unpaired) electrons. The molecular formula is C14H13BO3. The van der Waals surface area contributed by atoms with Crippen molar-refractivity contribution in [2.45, 2.75) is 19.8 Å². The molecule has 2 aromatic rings. The Balaban J connectivity index is 2.49. The van der Waals surface area contributed by atoms with E-state index in [4.69, 9.17) is 0 Å². The van der Waals surface area contributed by atoms with E-state index in [1.54, 1.807) is 6.07 Å². The lowest BCUT2D eigenvalue weighted by Gasteiger charge is -2.21. The summed E-state index contributed by atoms with van der Waals surface area (Å²) in [5, 5.41) is 20.7. The quantitative estimate of drug-likeness (QED) is 0.730. The average Bonchev–Trinajstić information content (AvgIpc) is 2.35.